The molecule has 1 N–H and O–H groups in total. The van der Waals surface area contributed by atoms with Gasteiger partial charge in [-0.3, -0.25) is 14.7 Å². The summed E-state index contributed by atoms with van der Waals surface area (Å²) in [5.74, 6) is 0. The Morgan fingerprint density at radius 3 is 2.57 bits per heavy atom. The summed E-state index contributed by atoms with van der Waals surface area (Å²) in [4.78, 5) is 2.72. The summed E-state index contributed by atoms with van der Waals surface area (Å²) in [6, 6.07) is 0. The number of hydrogen-bond donors (Lipinski definition) is 1. The van der Waals surface area contributed by atoms with Crippen LogP contribution < -0.4 is 0 Å². The Kier molecular flexibility index (Phi) is 4.05. The molecule has 7 nitrogen and oxygen atoms in total. The van der Waals surface area contributed by atoms with Crippen LogP contribution in [-0.4, -0.2) is 52.6 Å². The predicted octanol–water partition coefficient (Wildman–Crippen LogP) is 1.10. The second-order valence-electron chi connectivity index (χ2n) is 6.74. The van der Waals surface area contributed by atoms with Gasteiger partial charge in [0.25, 0.3) is 0 Å². The third-order valence-corrected chi connectivity index (χ3v) is 5.84. The lowest BCUT2D eigenvalue weighted by Gasteiger charge is -2.39. The molecular formula is C15H23N5O2S. The molecule has 23 heavy (non-hydrogen) atoms. The van der Waals surface area contributed by atoms with E-state index in [9.17, 15) is 8.42 Å². The molecule has 8 heteroatoms. The summed E-state index contributed by atoms with van der Waals surface area (Å²) in [6.45, 7) is 4.85. The Balaban J connectivity index is 1.71. The molecule has 0 aliphatic carbocycles. The van der Waals surface area contributed by atoms with Crippen LogP contribution in [0.5, 0.6) is 0 Å². The molecule has 1 fully saturated rings. The van der Waals surface area contributed by atoms with E-state index in [1.807, 2.05) is 24.1 Å². The van der Waals surface area contributed by atoms with Crippen molar-refractivity contribution in [3.05, 3.63) is 29.8 Å². The molecule has 2 aromatic rings. The van der Waals surface area contributed by atoms with Crippen LogP contribution in [0.2, 0.25) is 0 Å². The molecule has 0 atom stereocenters. The highest BCUT2D eigenvalue weighted by Crippen LogP contribution is 2.37. The molecule has 0 unspecified atom stereocenters. The van der Waals surface area contributed by atoms with Crippen molar-refractivity contribution in [3.8, 4) is 0 Å². The highest BCUT2D eigenvalue weighted by Gasteiger charge is 2.36. The molecule has 0 amide bonds. The minimum Gasteiger partial charge on any atom is -0.299 e. The predicted molar refractivity (Wildman–Crippen MR) is 86.8 cm³/mol. The first-order chi connectivity index (χ1) is 10.8. The minimum absolute atomic E-state index is 0.180. The standard InChI is InChI=1S/C15H23N5O2S/c1-15(14-13(9-16-18-14)23(3,21)22)4-6-20(7-5-15)11-12-8-17-19(2)10-12/h8-10H,4-7,11H2,1-3H3,(H,16,18). The maximum Gasteiger partial charge on any atom is 0.178 e. The average Bonchev–Trinajstić information content (AvgIpc) is 3.10. The van der Waals surface area contributed by atoms with Gasteiger partial charge in [-0.25, -0.2) is 8.42 Å². The van der Waals surface area contributed by atoms with Crippen LogP contribution in [0.15, 0.2) is 23.5 Å². The topological polar surface area (TPSA) is 83.9 Å². The van der Waals surface area contributed by atoms with Crippen molar-refractivity contribution in [2.24, 2.45) is 7.05 Å². The summed E-state index contributed by atoms with van der Waals surface area (Å²) < 4.78 is 25.7. The quantitative estimate of drug-likeness (QED) is 0.903. The van der Waals surface area contributed by atoms with E-state index in [1.165, 1.54) is 18.0 Å². The number of H-pyrrole nitrogens is 1. The first-order valence-corrected chi connectivity index (χ1v) is 9.61. The van der Waals surface area contributed by atoms with E-state index < -0.39 is 9.84 Å². The SMILES string of the molecule is Cn1cc(CN2CCC(C)(c3[nH]ncc3S(C)(=O)=O)CC2)cn1. The Hall–Kier alpha value is -1.67. The first-order valence-electron chi connectivity index (χ1n) is 7.72. The zero-order chi connectivity index (χ0) is 16.7. The number of aromatic nitrogens is 4. The lowest BCUT2D eigenvalue weighted by atomic mass is 9.77. The highest BCUT2D eigenvalue weighted by atomic mass is 32.2. The number of aryl methyl sites for hydroxylation is 1. The normalized spacial score (nSPS) is 19.1. The van der Waals surface area contributed by atoms with E-state index in [4.69, 9.17) is 0 Å². The largest absolute Gasteiger partial charge is 0.299 e. The number of nitrogens with zero attached hydrogens (tertiary/aromatic N) is 4. The maximum atomic E-state index is 11.9. The van der Waals surface area contributed by atoms with Gasteiger partial charge in [0.05, 0.1) is 18.1 Å². The number of rotatable bonds is 4. The van der Waals surface area contributed by atoms with Crippen LogP contribution >= 0.6 is 0 Å². The van der Waals surface area contributed by atoms with Crippen LogP contribution in [-0.2, 0) is 28.8 Å². The molecular weight excluding hydrogens is 314 g/mol. The smallest absolute Gasteiger partial charge is 0.178 e. The molecule has 0 saturated carbocycles. The molecule has 0 aromatic carbocycles. The second-order valence-corrected chi connectivity index (χ2v) is 8.72. The van der Waals surface area contributed by atoms with Gasteiger partial charge in [-0.05, 0) is 25.9 Å². The molecule has 1 aliphatic rings. The summed E-state index contributed by atoms with van der Waals surface area (Å²) in [5, 5.41) is 11.1. The zero-order valence-corrected chi connectivity index (χ0v) is 14.6. The van der Waals surface area contributed by atoms with E-state index in [1.54, 1.807) is 0 Å². The Bertz CT molecular complexity index is 784. The van der Waals surface area contributed by atoms with E-state index in [2.05, 4.69) is 27.1 Å². The van der Waals surface area contributed by atoms with Crippen molar-refractivity contribution in [1.29, 1.82) is 0 Å². The monoisotopic (exact) mass is 337 g/mol. The maximum absolute atomic E-state index is 11.9. The van der Waals surface area contributed by atoms with Gasteiger partial charge in [0.15, 0.2) is 9.84 Å². The molecule has 0 radical (unpaired) electrons. The Morgan fingerprint density at radius 1 is 1.30 bits per heavy atom. The fraction of sp³-hybridized carbons (Fsp3) is 0.600. The van der Waals surface area contributed by atoms with Gasteiger partial charge in [-0.1, -0.05) is 6.92 Å². The van der Waals surface area contributed by atoms with Gasteiger partial charge < -0.3 is 0 Å². The fourth-order valence-corrected chi connectivity index (χ4v) is 4.16. The van der Waals surface area contributed by atoms with Gasteiger partial charge in [0.2, 0.25) is 0 Å². The van der Waals surface area contributed by atoms with Crippen LogP contribution in [0.1, 0.15) is 31.0 Å². The number of piperidine rings is 1. The zero-order valence-electron chi connectivity index (χ0n) is 13.8. The van der Waals surface area contributed by atoms with Crippen LogP contribution in [0, 0.1) is 0 Å². The number of hydrogen-bond acceptors (Lipinski definition) is 5. The van der Waals surface area contributed by atoms with Crippen LogP contribution in [0.4, 0.5) is 0 Å². The van der Waals surface area contributed by atoms with E-state index in [0.29, 0.717) is 4.90 Å². The molecule has 0 bridgehead atoms. The number of likely N-dealkylation sites (tertiary alicyclic amines) is 1. The van der Waals surface area contributed by atoms with Crippen molar-refractivity contribution in [2.45, 2.75) is 36.6 Å². The van der Waals surface area contributed by atoms with Crippen molar-refractivity contribution in [3.63, 3.8) is 0 Å². The second kappa shape index (κ2) is 5.76. The third kappa shape index (κ3) is 3.32. The van der Waals surface area contributed by atoms with Crippen LogP contribution in [0.3, 0.4) is 0 Å². The Morgan fingerprint density at radius 2 is 2.00 bits per heavy atom. The molecule has 0 spiro atoms. The molecule has 3 rings (SSSR count). The number of nitrogens with one attached hydrogen (secondary N) is 1. The van der Waals surface area contributed by atoms with Gasteiger partial charge in [0.1, 0.15) is 4.90 Å². The molecule has 1 saturated heterocycles. The number of aromatic amines is 1. The van der Waals surface area contributed by atoms with Gasteiger partial charge >= 0.3 is 0 Å². The highest BCUT2D eigenvalue weighted by molar-refractivity contribution is 7.90. The van der Waals surface area contributed by atoms with Crippen molar-refractivity contribution >= 4 is 9.84 Å². The lowest BCUT2D eigenvalue weighted by Crippen LogP contribution is -2.41. The lowest BCUT2D eigenvalue weighted by molar-refractivity contribution is 0.158. The number of sulfone groups is 1. The van der Waals surface area contributed by atoms with Crippen LogP contribution in [0.25, 0.3) is 0 Å². The fourth-order valence-electron chi connectivity index (χ4n) is 3.26. The van der Waals surface area contributed by atoms with Gasteiger partial charge in [-0.15, -0.1) is 0 Å². The summed E-state index contributed by atoms with van der Waals surface area (Å²) >= 11 is 0. The summed E-state index contributed by atoms with van der Waals surface area (Å²) in [5.41, 5.74) is 1.77. The molecule has 2 aromatic heterocycles. The molecule has 126 valence electrons. The van der Waals surface area contributed by atoms with Gasteiger partial charge in [-0.2, -0.15) is 10.2 Å². The van der Waals surface area contributed by atoms with E-state index >= 15 is 0 Å². The molecule has 3 heterocycles. The summed E-state index contributed by atoms with van der Waals surface area (Å²) in [6.07, 6.45) is 8.39. The van der Waals surface area contributed by atoms with Gasteiger partial charge in [0, 0.05) is 37.0 Å². The van der Waals surface area contributed by atoms with Crippen molar-refractivity contribution in [1.82, 2.24) is 24.9 Å². The molecule has 1 aliphatic heterocycles. The minimum atomic E-state index is -3.26. The first kappa shape index (κ1) is 16.2. The van der Waals surface area contributed by atoms with Crippen molar-refractivity contribution < 1.29 is 8.42 Å². The third-order valence-electron chi connectivity index (χ3n) is 4.73. The van der Waals surface area contributed by atoms with E-state index in [-0.39, 0.29) is 5.41 Å². The van der Waals surface area contributed by atoms with Crippen molar-refractivity contribution in [2.75, 3.05) is 19.3 Å². The van der Waals surface area contributed by atoms with E-state index in [0.717, 1.165) is 38.2 Å². The summed E-state index contributed by atoms with van der Waals surface area (Å²) in [7, 11) is -1.34. The average molecular weight is 337 g/mol. The Labute approximate surface area is 136 Å².